The molecule has 1 aromatic heterocycles. The summed E-state index contributed by atoms with van der Waals surface area (Å²) in [6, 6.07) is 10.2. The molecule has 1 aliphatic carbocycles. The van der Waals surface area contributed by atoms with Crippen LogP contribution in [0.15, 0.2) is 24.3 Å². The van der Waals surface area contributed by atoms with Gasteiger partial charge in [0.1, 0.15) is 23.2 Å². The molecule has 4 heteroatoms. The summed E-state index contributed by atoms with van der Waals surface area (Å²) in [5.41, 5.74) is 10.8. The Kier molecular flexibility index (Phi) is 4.71. The van der Waals surface area contributed by atoms with Gasteiger partial charge in [0.05, 0.1) is 6.61 Å². The van der Waals surface area contributed by atoms with Crippen LogP contribution in [0.5, 0.6) is 5.75 Å². The first-order chi connectivity index (χ1) is 11.7. The second-order valence-electron chi connectivity index (χ2n) is 6.26. The highest BCUT2D eigenvalue weighted by Crippen LogP contribution is 2.38. The van der Waals surface area contributed by atoms with Crippen molar-refractivity contribution in [1.82, 2.24) is 4.98 Å². The number of hydrogen-bond acceptors (Lipinski definition) is 4. The molecular formula is C20H23N3O. The molecule has 0 aliphatic heterocycles. The third kappa shape index (κ3) is 2.94. The summed E-state index contributed by atoms with van der Waals surface area (Å²) in [5, 5.41) is 9.63. The van der Waals surface area contributed by atoms with Crippen molar-refractivity contribution in [1.29, 1.82) is 5.26 Å². The standard InChI is InChI=1S/C20H23N3O/c1-3-13-5-10-18-16(11-13)19(17(12-21)20(22)23-18)14-6-8-15(9-7-14)24-4-2/h6-9,13H,3-5,10-11H2,1-2H3,(H2,22,23). The Morgan fingerprint density at radius 3 is 2.67 bits per heavy atom. The molecule has 1 heterocycles. The van der Waals surface area contributed by atoms with E-state index in [2.05, 4.69) is 18.0 Å². The molecule has 0 saturated carbocycles. The average molecular weight is 321 g/mol. The van der Waals surface area contributed by atoms with Crippen LogP contribution in [0.25, 0.3) is 11.1 Å². The summed E-state index contributed by atoms with van der Waals surface area (Å²) >= 11 is 0. The van der Waals surface area contributed by atoms with Crippen LogP contribution in [0, 0.1) is 17.2 Å². The average Bonchev–Trinajstić information content (AvgIpc) is 2.61. The van der Waals surface area contributed by atoms with Crippen molar-refractivity contribution in [2.24, 2.45) is 5.92 Å². The van der Waals surface area contributed by atoms with Gasteiger partial charge in [-0.1, -0.05) is 25.5 Å². The van der Waals surface area contributed by atoms with Crippen molar-refractivity contribution >= 4 is 5.82 Å². The third-order valence-electron chi connectivity index (χ3n) is 4.84. The van der Waals surface area contributed by atoms with Gasteiger partial charge in [-0.05, 0) is 55.4 Å². The van der Waals surface area contributed by atoms with Gasteiger partial charge in [-0.15, -0.1) is 0 Å². The quantitative estimate of drug-likeness (QED) is 0.919. The van der Waals surface area contributed by atoms with E-state index in [9.17, 15) is 5.26 Å². The Morgan fingerprint density at radius 2 is 2.04 bits per heavy atom. The molecule has 1 aliphatic rings. The first-order valence-electron chi connectivity index (χ1n) is 8.62. The normalized spacial score (nSPS) is 16.3. The zero-order valence-electron chi connectivity index (χ0n) is 14.3. The van der Waals surface area contributed by atoms with Gasteiger partial charge in [-0.2, -0.15) is 5.26 Å². The van der Waals surface area contributed by atoms with Crippen molar-refractivity contribution in [2.75, 3.05) is 12.3 Å². The molecule has 0 spiro atoms. The number of nitriles is 1. The van der Waals surface area contributed by atoms with E-state index < -0.39 is 0 Å². The van der Waals surface area contributed by atoms with Crippen molar-refractivity contribution in [2.45, 2.75) is 39.5 Å². The second-order valence-corrected chi connectivity index (χ2v) is 6.26. The van der Waals surface area contributed by atoms with Gasteiger partial charge < -0.3 is 10.5 Å². The number of hydrogen-bond donors (Lipinski definition) is 1. The van der Waals surface area contributed by atoms with Crippen molar-refractivity contribution in [3.8, 4) is 22.9 Å². The number of ether oxygens (including phenoxy) is 1. The fourth-order valence-electron chi connectivity index (χ4n) is 3.51. The molecule has 2 aromatic rings. The largest absolute Gasteiger partial charge is 0.494 e. The number of aryl methyl sites for hydroxylation is 1. The summed E-state index contributed by atoms with van der Waals surface area (Å²) in [7, 11) is 0. The molecule has 1 atom stereocenters. The Labute approximate surface area is 143 Å². The van der Waals surface area contributed by atoms with Gasteiger partial charge in [0, 0.05) is 11.3 Å². The molecule has 4 nitrogen and oxygen atoms in total. The van der Waals surface area contributed by atoms with E-state index in [0.29, 0.717) is 23.9 Å². The Morgan fingerprint density at radius 1 is 1.29 bits per heavy atom. The smallest absolute Gasteiger partial charge is 0.142 e. The first-order valence-corrected chi connectivity index (χ1v) is 8.62. The zero-order chi connectivity index (χ0) is 17.1. The summed E-state index contributed by atoms with van der Waals surface area (Å²) < 4.78 is 5.52. The van der Waals surface area contributed by atoms with E-state index in [4.69, 9.17) is 10.5 Å². The molecule has 0 saturated heterocycles. The van der Waals surface area contributed by atoms with Crippen LogP contribution in [0.2, 0.25) is 0 Å². The van der Waals surface area contributed by atoms with Crippen LogP contribution in [0.1, 0.15) is 43.5 Å². The molecule has 0 radical (unpaired) electrons. The Hall–Kier alpha value is -2.54. The zero-order valence-corrected chi connectivity index (χ0v) is 14.3. The summed E-state index contributed by atoms with van der Waals surface area (Å²) in [6.07, 6.45) is 4.20. The molecule has 0 bridgehead atoms. The van der Waals surface area contributed by atoms with Gasteiger partial charge in [-0.3, -0.25) is 0 Å². The molecule has 24 heavy (non-hydrogen) atoms. The Bertz CT molecular complexity index is 775. The molecular weight excluding hydrogens is 298 g/mol. The number of benzene rings is 1. The van der Waals surface area contributed by atoms with E-state index in [1.54, 1.807) is 0 Å². The van der Waals surface area contributed by atoms with E-state index in [1.807, 2.05) is 31.2 Å². The van der Waals surface area contributed by atoms with E-state index in [0.717, 1.165) is 48.3 Å². The molecule has 0 amide bonds. The number of nitrogens with two attached hydrogens (primary N) is 1. The maximum atomic E-state index is 9.63. The lowest BCUT2D eigenvalue weighted by atomic mass is 9.80. The van der Waals surface area contributed by atoms with Crippen LogP contribution in [0.4, 0.5) is 5.82 Å². The number of anilines is 1. The highest BCUT2D eigenvalue weighted by atomic mass is 16.5. The van der Waals surface area contributed by atoms with Crippen molar-refractivity contribution < 1.29 is 4.74 Å². The molecule has 0 fully saturated rings. The minimum atomic E-state index is 0.343. The maximum Gasteiger partial charge on any atom is 0.142 e. The van der Waals surface area contributed by atoms with E-state index in [1.165, 1.54) is 5.56 Å². The highest BCUT2D eigenvalue weighted by Gasteiger charge is 2.25. The molecule has 1 unspecified atom stereocenters. The SMILES string of the molecule is CCOc1ccc(-c2c(C#N)c(N)nc3c2CC(CC)CC3)cc1. The minimum Gasteiger partial charge on any atom is -0.494 e. The highest BCUT2D eigenvalue weighted by molar-refractivity contribution is 5.79. The Balaban J connectivity index is 2.14. The molecule has 124 valence electrons. The third-order valence-corrected chi connectivity index (χ3v) is 4.84. The first kappa shape index (κ1) is 16.3. The second kappa shape index (κ2) is 6.92. The fraction of sp³-hybridized carbons (Fsp3) is 0.400. The summed E-state index contributed by atoms with van der Waals surface area (Å²) in [6.45, 7) is 4.83. The molecule has 2 N–H and O–H groups in total. The predicted molar refractivity (Wildman–Crippen MR) is 95.8 cm³/mol. The maximum absolute atomic E-state index is 9.63. The lowest BCUT2D eigenvalue weighted by Crippen LogP contribution is -2.18. The van der Waals surface area contributed by atoms with E-state index in [-0.39, 0.29) is 0 Å². The van der Waals surface area contributed by atoms with Crippen LogP contribution in [-0.4, -0.2) is 11.6 Å². The lowest BCUT2D eigenvalue weighted by Gasteiger charge is -2.26. The number of pyridine rings is 1. The summed E-state index contributed by atoms with van der Waals surface area (Å²) in [4.78, 5) is 4.52. The monoisotopic (exact) mass is 321 g/mol. The molecule has 3 rings (SSSR count). The van der Waals surface area contributed by atoms with Gasteiger partial charge in [0.2, 0.25) is 0 Å². The van der Waals surface area contributed by atoms with Crippen LogP contribution in [-0.2, 0) is 12.8 Å². The summed E-state index contributed by atoms with van der Waals surface area (Å²) in [5.74, 6) is 1.83. The number of aromatic nitrogens is 1. The molecule has 1 aromatic carbocycles. The number of nitrogen functional groups attached to an aromatic ring is 1. The number of fused-ring (bicyclic) bond motifs is 1. The number of nitrogens with zero attached hydrogens (tertiary/aromatic N) is 2. The minimum absolute atomic E-state index is 0.343. The van der Waals surface area contributed by atoms with Crippen molar-refractivity contribution in [3.05, 3.63) is 41.1 Å². The van der Waals surface area contributed by atoms with Crippen LogP contribution in [0.3, 0.4) is 0 Å². The number of rotatable bonds is 4. The van der Waals surface area contributed by atoms with Gasteiger partial charge >= 0.3 is 0 Å². The lowest BCUT2D eigenvalue weighted by molar-refractivity contribution is 0.340. The van der Waals surface area contributed by atoms with Crippen LogP contribution >= 0.6 is 0 Å². The van der Waals surface area contributed by atoms with Gasteiger partial charge in [0.25, 0.3) is 0 Å². The van der Waals surface area contributed by atoms with Gasteiger partial charge in [0.15, 0.2) is 0 Å². The fourth-order valence-corrected chi connectivity index (χ4v) is 3.51. The van der Waals surface area contributed by atoms with Crippen molar-refractivity contribution in [3.63, 3.8) is 0 Å². The van der Waals surface area contributed by atoms with Crippen LogP contribution < -0.4 is 10.5 Å². The van der Waals surface area contributed by atoms with E-state index >= 15 is 0 Å². The van der Waals surface area contributed by atoms with Gasteiger partial charge in [-0.25, -0.2) is 4.98 Å². The predicted octanol–water partition coefficient (Wildman–Crippen LogP) is 4.12. The topological polar surface area (TPSA) is 71.9 Å².